The highest BCUT2D eigenvalue weighted by Crippen LogP contribution is 2.35. The van der Waals surface area contributed by atoms with Gasteiger partial charge in [0.15, 0.2) is 17.6 Å². The minimum Gasteiger partial charge on any atom is -0.485 e. The molecule has 1 aliphatic heterocycles. The molecule has 2 unspecified atom stereocenters. The van der Waals surface area contributed by atoms with Gasteiger partial charge in [0.2, 0.25) is 11.7 Å². The van der Waals surface area contributed by atoms with Crippen molar-refractivity contribution in [1.29, 1.82) is 0 Å². The molecule has 6 nitrogen and oxygen atoms in total. The van der Waals surface area contributed by atoms with E-state index in [0.717, 1.165) is 12.2 Å². The van der Waals surface area contributed by atoms with E-state index in [1.807, 2.05) is 24.3 Å². The van der Waals surface area contributed by atoms with Crippen LogP contribution in [-0.4, -0.2) is 23.3 Å². The number of rotatable bonds is 5. The molecule has 1 aromatic carbocycles. The van der Waals surface area contributed by atoms with E-state index in [4.69, 9.17) is 19.7 Å². The number of nitrogens with zero attached hydrogens (tertiary/aromatic N) is 2. The van der Waals surface area contributed by atoms with Gasteiger partial charge >= 0.3 is 0 Å². The van der Waals surface area contributed by atoms with Crippen molar-refractivity contribution in [1.82, 2.24) is 10.1 Å². The van der Waals surface area contributed by atoms with Gasteiger partial charge in [0, 0.05) is 6.42 Å². The number of nitrogens with two attached hydrogens (primary N) is 1. The van der Waals surface area contributed by atoms with Crippen molar-refractivity contribution in [2.45, 2.75) is 25.9 Å². The Morgan fingerprint density at radius 2 is 2.14 bits per heavy atom. The second-order valence-corrected chi connectivity index (χ2v) is 5.12. The normalized spacial score (nSPS) is 18.5. The fraction of sp³-hybridized carbons (Fsp3) is 0.467. The Labute approximate surface area is 123 Å². The summed E-state index contributed by atoms with van der Waals surface area (Å²) in [5.74, 6) is 2.93. The van der Waals surface area contributed by atoms with Crippen LogP contribution in [0.2, 0.25) is 0 Å². The van der Waals surface area contributed by atoms with Gasteiger partial charge in [0.05, 0.1) is 0 Å². The van der Waals surface area contributed by atoms with E-state index in [2.05, 4.69) is 17.1 Å². The predicted molar refractivity (Wildman–Crippen MR) is 76.1 cm³/mol. The summed E-state index contributed by atoms with van der Waals surface area (Å²) in [7, 11) is 0. The molecule has 21 heavy (non-hydrogen) atoms. The van der Waals surface area contributed by atoms with Gasteiger partial charge < -0.3 is 19.7 Å². The lowest BCUT2D eigenvalue weighted by molar-refractivity contribution is 0.0832. The van der Waals surface area contributed by atoms with Crippen LogP contribution in [0.4, 0.5) is 0 Å². The summed E-state index contributed by atoms with van der Waals surface area (Å²) in [5, 5.41) is 4.00. The van der Waals surface area contributed by atoms with Gasteiger partial charge in [-0.05, 0) is 24.6 Å². The Hall–Kier alpha value is -2.08. The number of hydrogen-bond acceptors (Lipinski definition) is 6. The van der Waals surface area contributed by atoms with Gasteiger partial charge in [-0.1, -0.05) is 30.6 Å². The molecule has 1 aromatic heterocycles. The highest BCUT2D eigenvalue weighted by Gasteiger charge is 2.27. The number of para-hydroxylation sites is 2. The first-order chi connectivity index (χ1) is 10.3. The molecule has 0 saturated heterocycles. The Morgan fingerprint density at radius 3 is 2.90 bits per heavy atom. The molecule has 0 aliphatic carbocycles. The van der Waals surface area contributed by atoms with Crippen molar-refractivity contribution in [2.75, 3.05) is 13.2 Å². The Morgan fingerprint density at radius 1 is 1.33 bits per heavy atom. The average Bonchev–Trinajstić information content (AvgIpc) is 3.00. The third-order valence-electron chi connectivity index (χ3n) is 3.65. The van der Waals surface area contributed by atoms with Crippen LogP contribution in [-0.2, 0) is 6.42 Å². The Balaban J connectivity index is 1.70. The highest BCUT2D eigenvalue weighted by molar-refractivity contribution is 5.40. The average molecular weight is 289 g/mol. The number of aromatic nitrogens is 2. The number of benzene rings is 1. The maximum Gasteiger partial charge on any atom is 0.227 e. The van der Waals surface area contributed by atoms with Crippen LogP contribution in [0.1, 0.15) is 31.2 Å². The maximum atomic E-state index is 5.85. The molecule has 0 spiro atoms. The van der Waals surface area contributed by atoms with Crippen LogP contribution >= 0.6 is 0 Å². The Bertz CT molecular complexity index is 595. The second-order valence-electron chi connectivity index (χ2n) is 5.12. The van der Waals surface area contributed by atoms with Crippen LogP contribution in [0.3, 0.4) is 0 Å². The summed E-state index contributed by atoms with van der Waals surface area (Å²) in [5.41, 5.74) is 5.70. The van der Waals surface area contributed by atoms with E-state index in [-0.39, 0.29) is 6.10 Å². The van der Waals surface area contributed by atoms with Crippen molar-refractivity contribution in [3.63, 3.8) is 0 Å². The summed E-state index contributed by atoms with van der Waals surface area (Å²) >= 11 is 0. The van der Waals surface area contributed by atoms with Gasteiger partial charge in [-0.3, -0.25) is 0 Å². The van der Waals surface area contributed by atoms with E-state index < -0.39 is 0 Å². The van der Waals surface area contributed by atoms with Crippen LogP contribution in [0.25, 0.3) is 0 Å². The lowest BCUT2D eigenvalue weighted by Gasteiger charge is -2.24. The molecule has 2 heterocycles. The van der Waals surface area contributed by atoms with Crippen LogP contribution in [0.15, 0.2) is 28.8 Å². The first-order valence-corrected chi connectivity index (χ1v) is 7.21. The molecule has 0 saturated carbocycles. The van der Waals surface area contributed by atoms with Crippen LogP contribution < -0.4 is 15.2 Å². The molecular formula is C15H19N3O3. The van der Waals surface area contributed by atoms with E-state index in [1.54, 1.807) is 0 Å². The van der Waals surface area contributed by atoms with Crippen molar-refractivity contribution >= 4 is 0 Å². The van der Waals surface area contributed by atoms with E-state index >= 15 is 0 Å². The predicted octanol–water partition coefficient (Wildman–Crippen LogP) is 2.11. The second kappa shape index (κ2) is 6.13. The zero-order chi connectivity index (χ0) is 14.7. The molecule has 1 aliphatic rings. The molecule has 0 radical (unpaired) electrons. The quantitative estimate of drug-likeness (QED) is 0.907. The van der Waals surface area contributed by atoms with E-state index in [9.17, 15) is 0 Å². The molecular weight excluding hydrogens is 270 g/mol. The third kappa shape index (κ3) is 3.00. The van der Waals surface area contributed by atoms with Crippen molar-refractivity contribution in [2.24, 2.45) is 11.7 Å². The van der Waals surface area contributed by atoms with Gasteiger partial charge in [-0.2, -0.15) is 4.98 Å². The molecule has 3 rings (SSSR count). The van der Waals surface area contributed by atoms with Gasteiger partial charge in [0.1, 0.15) is 6.61 Å². The van der Waals surface area contributed by atoms with Crippen molar-refractivity contribution in [3.8, 4) is 11.5 Å². The zero-order valence-electron chi connectivity index (χ0n) is 12.0. The topological polar surface area (TPSA) is 83.4 Å². The lowest BCUT2D eigenvalue weighted by Crippen LogP contribution is -2.22. The van der Waals surface area contributed by atoms with Crippen molar-refractivity contribution < 1.29 is 14.0 Å². The highest BCUT2D eigenvalue weighted by atomic mass is 16.6. The first kappa shape index (κ1) is 13.9. The fourth-order valence-corrected chi connectivity index (χ4v) is 2.27. The number of fused-ring (bicyclic) bond motifs is 1. The minimum atomic E-state index is -0.338. The lowest BCUT2D eigenvalue weighted by atomic mass is 10.0. The third-order valence-corrected chi connectivity index (χ3v) is 3.65. The van der Waals surface area contributed by atoms with E-state index in [1.165, 1.54) is 0 Å². The minimum absolute atomic E-state index is 0.338. The fourth-order valence-electron chi connectivity index (χ4n) is 2.27. The van der Waals surface area contributed by atoms with Gasteiger partial charge in [-0.25, -0.2) is 0 Å². The largest absolute Gasteiger partial charge is 0.485 e. The monoisotopic (exact) mass is 289 g/mol. The molecule has 2 atom stereocenters. The molecule has 0 amide bonds. The summed E-state index contributed by atoms with van der Waals surface area (Å²) in [6.07, 6.45) is 1.35. The molecule has 2 aromatic rings. The zero-order valence-corrected chi connectivity index (χ0v) is 12.0. The Kier molecular flexibility index (Phi) is 4.06. The smallest absolute Gasteiger partial charge is 0.227 e. The molecule has 0 bridgehead atoms. The van der Waals surface area contributed by atoms with Crippen LogP contribution in [0, 0.1) is 5.92 Å². The maximum absolute atomic E-state index is 5.85. The van der Waals surface area contributed by atoms with Gasteiger partial charge in [-0.15, -0.1) is 0 Å². The summed E-state index contributed by atoms with van der Waals surface area (Å²) in [4.78, 5) is 4.40. The molecule has 0 fully saturated rings. The number of ether oxygens (including phenoxy) is 2. The summed E-state index contributed by atoms with van der Waals surface area (Å²) < 4.78 is 16.8. The molecule has 2 N–H and O–H groups in total. The first-order valence-electron chi connectivity index (χ1n) is 7.21. The van der Waals surface area contributed by atoms with E-state index in [0.29, 0.717) is 43.0 Å². The molecule has 112 valence electrons. The summed E-state index contributed by atoms with van der Waals surface area (Å²) in [6, 6.07) is 7.55. The number of hydrogen-bond donors (Lipinski definition) is 1. The van der Waals surface area contributed by atoms with Crippen LogP contribution in [0.5, 0.6) is 11.5 Å². The molecule has 6 heteroatoms. The van der Waals surface area contributed by atoms with Crippen molar-refractivity contribution in [3.05, 3.63) is 36.0 Å². The standard InChI is InChI=1S/C15H19N3O3/c1-2-10(8-16)7-14-17-15(18-21-14)13-9-19-11-5-3-4-6-12(11)20-13/h3-6,10,13H,2,7-9,16H2,1H3. The van der Waals surface area contributed by atoms with Gasteiger partial charge in [0.25, 0.3) is 0 Å². The SMILES string of the molecule is CCC(CN)Cc1nc(C2COc3ccccc3O2)no1. The summed E-state index contributed by atoms with van der Waals surface area (Å²) in [6.45, 7) is 3.10.